The van der Waals surface area contributed by atoms with E-state index in [1.807, 2.05) is 11.3 Å². The molecule has 0 spiro atoms. The maximum Gasteiger partial charge on any atom is 0.227 e. The number of aryl methyl sites for hydroxylation is 2. The lowest BCUT2D eigenvalue weighted by Gasteiger charge is -2.29. The van der Waals surface area contributed by atoms with Crippen LogP contribution in [0.4, 0.5) is 5.13 Å². The summed E-state index contributed by atoms with van der Waals surface area (Å²) in [6, 6.07) is 2.17. The molecule has 0 bridgehead atoms. The minimum absolute atomic E-state index is 0.125. The Balaban J connectivity index is 1.42. The van der Waals surface area contributed by atoms with Crippen molar-refractivity contribution < 1.29 is 4.79 Å². The summed E-state index contributed by atoms with van der Waals surface area (Å²) in [6.45, 7) is 7.60. The standard InChI is InChI=1S/C17H21N3OS2/c1-11-12(2)23-17(18-11)20-6-3-14(10-20)16(21)19-7-4-15-13(9-19)5-8-22-15/h5,8,14H,3-4,6-7,9-10H2,1-2H3. The normalized spacial score (nSPS) is 20.9. The van der Waals surface area contributed by atoms with Gasteiger partial charge in [-0.2, -0.15) is 0 Å². The van der Waals surface area contributed by atoms with Crippen LogP contribution in [0.25, 0.3) is 0 Å². The van der Waals surface area contributed by atoms with Gasteiger partial charge in [0.1, 0.15) is 0 Å². The smallest absolute Gasteiger partial charge is 0.227 e. The number of aromatic nitrogens is 1. The van der Waals surface area contributed by atoms with Gasteiger partial charge in [0.15, 0.2) is 5.13 Å². The maximum absolute atomic E-state index is 12.9. The molecule has 1 fully saturated rings. The second-order valence-corrected chi connectivity index (χ2v) is 8.63. The summed E-state index contributed by atoms with van der Waals surface area (Å²) in [7, 11) is 0. The number of fused-ring (bicyclic) bond motifs is 1. The molecule has 0 N–H and O–H groups in total. The molecule has 23 heavy (non-hydrogen) atoms. The minimum atomic E-state index is 0.125. The molecule has 2 aromatic rings. The lowest BCUT2D eigenvalue weighted by Crippen LogP contribution is -2.40. The van der Waals surface area contributed by atoms with E-state index < -0.39 is 0 Å². The van der Waals surface area contributed by atoms with Crippen LogP contribution in [0.15, 0.2) is 11.4 Å². The van der Waals surface area contributed by atoms with Crippen molar-refractivity contribution in [1.29, 1.82) is 0 Å². The fourth-order valence-corrected chi connectivity index (χ4v) is 5.26. The molecule has 0 aromatic carbocycles. The van der Waals surface area contributed by atoms with E-state index in [1.54, 1.807) is 11.3 Å². The first kappa shape index (κ1) is 15.1. The van der Waals surface area contributed by atoms with E-state index in [1.165, 1.54) is 15.3 Å². The van der Waals surface area contributed by atoms with E-state index in [0.717, 1.165) is 49.8 Å². The molecule has 2 aliphatic rings. The van der Waals surface area contributed by atoms with Crippen LogP contribution in [0.1, 0.15) is 27.4 Å². The largest absolute Gasteiger partial charge is 0.347 e. The second kappa shape index (κ2) is 5.91. The summed E-state index contributed by atoms with van der Waals surface area (Å²) in [5.74, 6) is 0.453. The van der Waals surface area contributed by atoms with E-state index >= 15 is 0 Å². The Labute approximate surface area is 144 Å². The molecule has 4 nitrogen and oxygen atoms in total. The molecule has 0 radical (unpaired) electrons. The van der Waals surface area contributed by atoms with Gasteiger partial charge in [0.25, 0.3) is 0 Å². The van der Waals surface area contributed by atoms with Crippen molar-refractivity contribution in [3.8, 4) is 0 Å². The van der Waals surface area contributed by atoms with Crippen LogP contribution in [0.2, 0.25) is 0 Å². The minimum Gasteiger partial charge on any atom is -0.347 e. The Morgan fingerprint density at radius 1 is 1.35 bits per heavy atom. The van der Waals surface area contributed by atoms with Crippen LogP contribution in [0.3, 0.4) is 0 Å². The molecule has 2 aliphatic heterocycles. The highest BCUT2D eigenvalue weighted by atomic mass is 32.1. The van der Waals surface area contributed by atoms with Crippen molar-refractivity contribution in [2.24, 2.45) is 5.92 Å². The Morgan fingerprint density at radius 3 is 3.00 bits per heavy atom. The Morgan fingerprint density at radius 2 is 2.22 bits per heavy atom. The van der Waals surface area contributed by atoms with Crippen molar-refractivity contribution in [2.45, 2.75) is 33.2 Å². The van der Waals surface area contributed by atoms with Gasteiger partial charge >= 0.3 is 0 Å². The average molecular weight is 348 g/mol. The Bertz CT molecular complexity index is 717. The summed E-state index contributed by atoms with van der Waals surface area (Å²) >= 11 is 3.56. The van der Waals surface area contributed by atoms with Crippen LogP contribution in [0.5, 0.6) is 0 Å². The zero-order chi connectivity index (χ0) is 16.0. The third-order valence-electron chi connectivity index (χ3n) is 4.94. The monoisotopic (exact) mass is 347 g/mol. The zero-order valence-electron chi connectivity index (χ0n) is 13.5. The SMILES string of the molecule is Cc1nc(N2CCC(C(=O)N3CCc4sccc4C3)C2)sc1C. The molecule has 1 unspecified atom stereocenters. The molecule has 4 rings (SSSR count). The van der Waals surface area contributed by atoms with E-state index in [4.69, 9.17) is 0 Å². The topological polar surface area (TPSA) is 36.4 Å². The van der Waals surface area contributed by atoms with Crippen molar-refractivity contribution >= 4 is 33.7 Å². The summed E-state index contributed by atoms with van der Waals surface area (Å²) < 4.78 is 0. The van der Waals surface area contributed by atoms with Gasteiger partial charge in [-0.25, -0.2) is 4.98 Å². The first-order valence-electron chi connectivity index (χ1n) is 8.15. The van der Waals surface area contributed by atoms with Gasteiger partial charge in [-0.1, -0.05) is 0 Å². The van der Waals surface area contributed by atoms with Gasteiger partial charge in [0, 0.05) is 35.9 Å². The fraction of sp³-hybridized carbons (Fsp3) is 0.529. The van der Waals surface area contributed by atoms with Crippen LogP contribution in [0, 0.1) is 19.8 Å². The summed E-state index contributed by atoms with van der Waals surface area (Å²) in [5, 5.41) is 3.22. The molecule has 122 valence electrons. The number of anilines is 1. The van der Waals surface area contributed by atoms with Gasteiger partial charge < -0.3 is 9.80 Å². The summed E-state index contributed by atoms with van der Waals surface area (Å²) in [5.41, 5.74) is 2.46. The van der Waals surface area contributed by atoms with E-state index in [0.29, 0.717) is 5.91 Å². The molecule has 4 heterocycles. The van der Waals surface area contributed by atoms with Crippen LogP contribution < -0.4 is 4.90 Å². The number of nitrogens with zero attached hydrogens (tertiary/aromatic N) is 3. The predicted molar refractivity (Wildman–Crippen MR) is 95.3 cm³/mol. The van der Waals surface area contributed by atoms with Crippen molar-refractivity contribution in [2.75, 3.05) is 24.5 Å². The first-order chi connectivity index (χ1) is 11.1. The van der Waals surface area contributed by atoms with E-state index in [-0.39, 0.29) is 5.92 Å². The number of thiazole rings is 1. The van der Waals surface area contributed by atoms with Crippen molar-refractivity contribution in [3.05, 3.63) is 32.5 Å². The van der Waals surface area contributed by atoms with Crippen molar-refractivity contribution in [3.63, 3.8) is 0 Å². The number of thiophene rings is 1. The molecule has 2 aromatic heterocycles. The Kier molecular flexibility index (Phi) is 3.89. The summed E-state index contributed by atoms with van der Waals surface area (Å²) in [6.07, 6.45) is 1.96. The van der Waals surface area contributed by atoms with Gasteiger partial charge in [0.05, 0.1) is 11.6 Å². The Hall–Kier alpha value is -1.40. The highest BCUT2D eigenvalue weighted by Crippen LogP contribution is 2.31. The number of carbonyl (C=O) groups excluding carboxylic acids is 1. The highest BCUT2D eigenvalue weighted by Gasteiger charge is 2.34. The molecule has 0 aliphatic carbocycles. The van der Waals surface area contributed by atoms with Crippen LogP contribution in [-0.4, -0.2) is 35.4 Å². The predicted octanol–water partition coefficient (Wildman–Crippen LogP) is 3.23. The molecular weight excluding hydrogens is 326 g/mol. The van der Waals surface area contributed by atoms with E-state index in [9.17, 15) is 4.79 Å². The van der Waals surface area contributed by atoms with Crippen molar-refractivity contribution in [1.82, 2.24) is 9.88 Å². The lowest BCUT2D eigenvalue weighted by atomic mass is 10.0. The van der Waals surface area contributed by atoms with Gasteiger partial charge in [0.2, 0.25) is 5.91 Å². The molecule has 0 saturated carbocycles. The quantitative estimate of drug-likeness (QED) is 0.837. The average Bonchev–Trinajstić information content (AvgIpc) is 3.26. The molecule has 1 saturated heterocycles. The molecular formula is C17H21N3OS2. The van der Waals surface area contributed by atoms with Crippen LogP contribution >= 0.6 is 22.7 Å². The van der Waals surface area contributed by atoms with Gasteiger partial charge in [-0.05, 0) is 43.7 Å². The number of hydrogen-bond donors (Lipinski definition) is 0. The summed E-state index contributed by atoms with van der Waals surface area (Å²) in [4.78, 5) is 24.6. The maximum atomic E-state index is 12.9. The third kappa shape index (κ3) is 2.78. The number of carbonyl (C=O) groups is 1. The highest BCUT2D eigenvalue weighted by molar-refractivity contribution is 7.15. The first-order valence-corrected chi connectivity index (χ1v) is 9.84. The third-order valence-corrected chi connectivity index (χ3v) is 7.10. The van der Waals surface area contributed by atoms with E-state index in [2.05, 4.69) is 40.1 Å². The molecule has 6 heteroatoms. The molecule has 1 atom stereocenters. The zero-order valence-corrected chi connectivity index (χ0v) is 15.2. The number of rotatable bonds is 2. The lowest BCUT2D eigenvalue weighted by molar-refractivity contribution is -0.135. The fourth-order valence-electron chi connectivity index (χ4n) is 3.42. The molecule has 1 amide bonds. The number of hydrogen-bond acceptors (Lipinski definition) is 5. The van der Waals surface area contributed by atoms with Gasteiger partial charge in [-0.3, -0.25) is 4.79 Å². The second-order valence-electron chi connectivity index (χ2n) is 6.45. The number of amides is 1. The van der Waals surface area contributed by atoms with Gasteiger partial charge in [-0.15, -0.1) is 22.7 Å². The van der Waals surface area contributed by atoms with Crippen LogP contribution in [-0.2, 0) is 17.8 Å².